The molecule has 0 saturated carbocycles. The van der Waals surface area contributed by atoms with Gasteiger partial charge in [-0.05, 0) is 37.0 Å². The fourth-order valence-electron chi connectivity index (χ4n) is 2.03. The number of unbranched alkanes of at least 4 members (excludes halogenated alkanes) is 1. The number of hydrogen-bond donors (Lipinski definition) is 0. The molecular formula is C14H18ClNOS. The lowest BCUT2D eigenvalue weighted by Crippen LogP contribution is -2.27. The van der Waals surface area contributed by atoms with Crippen molar-refractivity contribution in [1.29, 1.82) is 0 Å². The maximum absolute atomic E-state index is 11.8. The van der Waals surface area contributed by atoms with Gasteiger partial charge in [-0.15, -0.1) is 11.8 Å². The number of carbonyl (C=O) groups is 1. The molecule has 2 rings (SSSR count). The first-order valence-electron chi connectivity index (χ1n) is 6.35. The third-order valence-electron chi connectivity index (χ3n) is 3.12. The molecule has 1 aliphatic heterocycles. The first-order chi connectivity index (χ1) is 8.75. The van der Waals surface area contributed by atoms with E-state index in [-0.39, 0.29) is 0 Å². The Balaban J connectivity index is 1.63. The van der Waals surface area contributed by atoms with Crippen LogP contribution in [-0.2, 0) is 11.2 Å². The highest BCUT2D eigenvalue weighted by Gasteiger charge is 2.17. The second-order valence-corrected chi connectivity index (χ2v) is 6.04. The monoisotopic (exact) mass is 283 g/mol. The van der Waals surface area contributed by atoms with Crippen molar-refractivity contribution < 1.29 is 4.79 Å². The van der Waals surface area contributed by atoms with Crippen molar-refractivity contribution in [2.24, 2.45) is 0 Å². The van der Waals surface area contributed by atoms with E-state index in [1.54, 1.807) is 0 Å². The molecule has 1 aromatic rings. The Bertz CT molecular complexity index is 387. The summed E-state index contributed by atoms with van der Waals surface area (Å²) >= 11 is 7.68. The summed E-state index contributed by atoms with van der Waals surface area (Å²) in [5.41, 5.74) is 1.29. The second-order valence-electron chi connectivity index (χ2n) is 4.53. The van der Waals surface area contributed by atoms with E-state index in [0.29, 0.717) is 12.3 Å². The van der Waals surface area contributed by atoms with Gasteiger partial charge in [-0.25, -0.2) is 0 Å². The van der Waals surface area contributed by atoms with Gasteiger partial charge < -0.3 is 4.90 Å². The topological polar surface area (TPSA) is 20.3 Å². The standard InChI is InChI=1S/C14H18ClNOS/c15-13-7-5-12(6-8-13)3-1-2-4-14(17)16-9-10-18-11-16/h5-8H,1-4,9-11H2. The van der Waals surface area contributed by atoms with Crippen molar-refractivity contribution in [2.75, 3.05) is 18.2 Å². The molecule has 0 aromatic heterocycles. The molecule has 18 heavy (non-hydrogen) atoms. The average molecular weight is 284 g/mol. The predicted molar refractivity (Wildman–Crippen MR) is 78.0 cm³/mol. The number of carbonyl (C=O) groups excluding carboxylic acids is 1. The molecule has 1 amide bonds. The SMILES string of the molecule is O=C(CCCCc1ccc(Cl)cc1)N1CCSC1. The van der Waals surface area contributed by atoms with Crippen LogP contribution in [0.3, 0.4) is 0 Å². The number of nitrogens with zero attached hydrogens (tertiary/aromatic N) is 1. The molecule has 0 radical (unpaired) electrons. The molecule has 0 aliphatic carbocycles. The summed E-state index contributed by atoms with van der Waals surface area (Å²) in [6.07, 6.45) is 3.75. The Labute approximate surface area is 118 Å². The molecule has 1 fully saturated rings. The first-order valence-corrected chi connectivity index (χ1v) is 7.89. The van der Waals surface area contributed by atoms with Crippen molar-refractivity contribution >= 4 is 29.3 Å². The second kappa shape index (κ2) is 7.05. The number of thioether (sulfide) groups is 1. The summed E-state index contributed by atoms with van der Waals surface area (Å²) in [5, 5.41) is 0.778. The van der Waals surface area contributed by atoms with E-state index in [9.17, 15) is 4.79 Å². The quantitative estimate of drug-likeness (QED) is 0.770. The van der Waals surface area contributed by atoms with Gasteiger partial charge in [-0.2, -0.15) is 0 Å². The molecule has 2 nitrogen and oxygen atoms in total. The van der Waals surface area contributed by atoms with Gasteiger partial charge in [0.05, 0.1) is 5.88 Å². The molecule has 1 heterocycles. The van der Waals surface area contributed by atoms with Crippen molar-refractivity contribution in [3.63, 3.8) is 0 Å². The highest BCUT2D eigenvalue weighted by Crippen LogP contribution is 2.16. The number of aryl methyl sites for hydroxylation is 1. The van der Waals surface area contributed by atoms with Crippen LogP contribution in [0.25, 0.3) is 0 Å². The third kappa shape index (κ3) is 4.21. The summed E-state index contributed by atoms with van der Waals surface area (Å²) in [6.45, 7) is 0.931. The van der Waals surface area contributed by atoms with Gasteiger partial charge in [0.15, 0.2) is 0 Å². The maximum atomic E-state index is 11.8. The van der Waals surface area contributed by atoms with Gasteiger partial charge in [-0.3, -0.25) is 4.79 Å². The van der Waals surface area contributed by atoms with Gasteiger partial charge in [0, 0.05) is 23.7 Å². The summed E-state index contributed by atoms with van der Waals surface area (Å²) in [5.74, 6) is 2.29. The van der Waals surface area contributed by atoms with E-state index < -0.39 is 0 Å². The van der Waals surface area contributed by atoms with E-state index >= 15 is 0 Å². The molecule has 0 N–H and O–H groups in total. The predicted octanol–water partition coefficient (Wildman–Crippen LogP) is 3.59. The summed E-state index contributed by atoms with van der Waals surface area (Å²) < 4.78 is 0. The lowest BCUT2D eigenvalue weighted by Gasteiger charge is -2.13. The number of amides is 1. The van der Waals surface area contributed by atoms with Gasteiger partial charge >= 0.3 is 0 Å². The Morgan fingerprint density at radius 1 is 1.28 bits per heavy atom. The Morgan fingerprint density at radius 3 is 2.72 bits per heavy atom. The number of rotatable bonds is 5. The zero-order chi connectivity index (χ0) is 12.8. The van der Waals surface area contributed by atoms with Crippen LogP contribution in [0.1, 0.15) is 24.8 Å². The fourth-order valence-corrected chi connectivity index (χ4v) is 3.12. The molecule has 0 bridgehead atoms. The van der Waals surface area contributed by atoms with Gasteiger partial charge in [0.25, 0.3) is 0 Å². The maximum Gasteiger partial charge on any atom is 0.223 e. The Hall–Kier alpha value is -0.670. The van der Waals surface area contributed by atoms with Crippen molar-refractivity contribution in [1.82, 2.24) is 4.90 Å². The normalized spacial score (nSPS) is 15.1. The molecule has 4 heteroatoms. The van der Waals surface area contributed by atoms with Gasteiger partial charge in [0.1, 0.15) is 0 Å². The highest BCUT2D eigenvalue weighted by atomic mass is 35.5. The highest BCUT2D eigenvalue weighted by molar-refractivity contribution is 7.99. The lowest BCUT2D eigenvalue weighted by atomic mass is 10.1. The molecule has 0 spiro atoms. The van der Waals surface area contributed by atoms with E-state index in [2.05, 4.69) is 12.1 Å². The molecular weight excluding hydrogens is 266 g/mol. The van der Waals surface area contributed by atoms with Crippen LogP contribution >= 0.6 is 23.4 Å². The van der Waals surface area contributed by atoms with E-state index in [1.165, 1.54) is 5.56 Å². The summed E-state index contributed by atoms with van der Waals surface area (Å²) in [4.78, 5) is 13.8. The number of benzene rings is 1. The molecule has 1 aromatic carbocycles. The van der Waals surface area contributed by atoms with Gasteiger partial charge in [0.2, 0.25) is 5.91 Å². The lowest BCUT2D eigenvalue weighted by molar-refractivity contribution is -0.129. The van der Waals surface area contributed by atoms with Gasteiger partial charge in [-0.1, -0.05) is 23.7 Å². The zero-order valence-electron chi connectivity index (χ0n) is 10.4. The largest absolute Gasteiger partial charge is 0.333 e. The number of hydrogen-bond acceptors (Lipinski definition) is 2. The van der Waals surface area contributed by atoms with Crippen LogP contribution in [0.15, 0.2) is 24.3 Å². The first kappa shape index (κ1) is 13.8. The van der Waals surface area contributed by atoms with Crippen LogP contribution in [0.5, 0.6) is 0 Å². The van der Waals surface area contributed by atoms with Crippen molar-refractivity contribution in [3.05, 3.63) is 34.9 Å². The molecule has 1 aliphatic rings. The third-order valence-corrected chi connectivity index (χ3v) is 4.34. The number of halogens is 1. The van der Waals surface area contributed by atoms with Crippen LogP contribution < -0.4 is 0 Å². The van der Waals surface area contributed by atoms with E-state index in [0.717, 1.165) is 42.5 Å². The van der Waals surface area contributed by atoms with Crippen LogP contribution in [0.2, 0.25) is 5.02 Å². The summed E-state index contributed by atoms with van der Waals surface area (Å²) in [7, 11) is 0. The van der Waals surface area contributed by atoms with E-state index in [1.807, 2.05) is 28.8 Å². The van der Waals surface area contributed by atoms with Crippen LogP contribution in [-0.4, -0.2) is 29.0 Å². The smallest absolute Gasteiger partial charge is 0.223 e. The zero-order valence-corrected chi connectivity index (χ0v) is 12.0. The van der Waals surface area contributed by atoms with Crippen molar-refractivity contribution in [3.8, 4) is 0 Å². The minimum absolute atomic E-state index is 0.316. The van der Waals surface area contributed by atoms with Crippen molar-refractivity contribution in [2.45, 2.75) is 25.7 Å². The minimum atomic E-state index is 0.316. The van der Waals surface area contributed by atoms with Crippen LogP contribution in [0, 0.1) is 0 Å². The molecule has 1 saturated heterocycles. The average Bonchev–Trinajstić information content (AvgIpc) is 2.90. The van der Waals surface area contributed by atoms with E-state index in [4.69, 9.17) is 11.6 Å². The molecule has 98 valence electrons. The molecule has 0 unspecified atom stereocenters. The minimum Gasteiger partial charge on any atom is -0.333 e. The summed E-state index contributed by atoms with van der Waals surface area (Å²) in [6, 6.07) is 7.95. The Morgan fingerprint density at radius 2 is 2.06 bits per heavy atom. The molecule has 0 atom stereocenters. The Kier molecular flexibility index (Phi) is 5.39. The van der Waals surface area contributed by atoms with Crippen LogP contribution in [0.4, 0.5) is 0 Å². The fraction of sp³-hybridized carbons (Fsp3) is 0.500.